The number of benzene rings is 1. The third-order valence-corrected chi connectivity index (χ3v) is 4.04. The van der Waals surface area contributed by atoms with Crippen LogP contribution in [0.2, 0.25) is 0 Å². The van der Waals surface area contributed by atoms with Gasteiger partial charge in [0, 0.05) is 5.56 Å². The molecule has 24 heavy (non-hydrogen) atoms. The van der Waals surface area contributed by atoms with Gasteiger partial charge in [0.1, 0.15) is 21.4 Å². The van der Waals surface area contributed by atoms with Crippen molar-refractivity contribution in [2.24, 2.45) is 0 Å². The van der Waals surface area contributed by atoms with E-state index < -0.39 is 5.97 Å². The monoisotopic (exact) mass is 339 g/mol. The molecule has 0 saturated carbocycles. The summed E-state index contributed by atoms with van der Waals surface area (Å²) >= 11 is 1.49. The zero-order valence-corrected chi connectivity index (χ0v) is 13.7. The molecular formula is C16H13N5O2S. The fourth-order valence-corrected chi connectivity index (χ4v) is 2.67. The van der Waals surface area contributed by atoms with Gasteiger partial charge in [-0.1, -0.05) is 41.5 Å². The molecule has 0 saturated heterocycles. The van der Waals surface area contributed by atoms with Gasteiger partial charge >= 0.3 is 5.97 Å². The highest BCUT2D eigenvalue weighted by Crippen LogP contribution is 2.23. The Morgan fingerprint density at radius 2 is 1.92 bits per heavy atom. The van der Waals surface area contributed by atoms with E-state index in [1.807, 2.05) is 6.92 Å². The smallest absolute Gasteiger partial charge is 0.312 e. The summed E-state index contributed by atoms with van der Waals surface area (Å²) in [5.74, 6) is -0.557. The fourth-order valence-electron chi connectivity index (χ4n) is 1.98. The van der Waals surface area contributed by atoms with Crippen LogP contribution in [0.4, 0.5) is 0 Å². The minimum absolute atomic E-state index is 0.380. The molecule has 120 valence electrons. The number of rotatable bonds is 5. The molecule has 0 aliphatic carbocycles. The Bertz CT molecular complexity index is 911. The summed E-state index contributed by atoms with van der Waals surface area (Å²) in [5.41, 5.74) is 2.21. The Hall–Kier alpha value is -3.13. The van der Waals surface area contributed by atoms with Crippen molar-refractivity contribution in [3.63, 3.8) is 0 Å². The van der Waals surface area contributed by atoms with E-state index in [9.17, 15) is 4.79 Å². The van der Waals surface area contributed by atoms with Crippen LogP contribution < -0.4 is 4.84 Å². The highest BCUT2D eigenvalue weighted by Gasteiger charge is 2.14. The predicted octanol–water partition coefficient (Wildman–Crippen LogP) is 2.66. The molecule has 1 aromatic carbocycles. The Balaban J connectivity index is 1.79. The van der Waals surface area contributed by atoms with Crippen LogP contribution in [0.1, 0.15) is 26.8 Å². The maximum atomic E-state index is 12.2. The van der Waals surface area contributed by atoms with E-state index in [0.717, 1.165) is 20.4 Å². The first-order valence-corrected chi connectivity index (χ1v) is 7.78. The lowest BCUT2D eigenvalue weighted by molar-refractivity contribution is 0.0380. The van der Waals surface area contributed by atoms with E-state index in [1.165, 1.54) is 23.5 Å². The van der Waals surface area contributed by atoms with E-state index >= 15 is 0 Å². The minimum atomic E-state index is -0.557. The fraction of sp³-hybridized carbons (Fsp3) is 0.0625. The average Bonchev–Trinajstić information content (AvgIpc) is 3.20. The molecule has 0 amide bonds. The molecule has 0 radical (unpaired) electrons. The van der Waals surface area contributed by atoms with Crippen molar-refractivity contribution in [1.82, 2.24) is 25.4 Å². The number of carbonyl (C=O) groups excluding carboxylic acids is 1. The zero-order valence-electron chi connectivity index (χ0n) is 12.8. The summed E-state index contributed by atoms with van der Waals surface area (Å²) in [5, 5.41) is 17.3. The van der Waals surface area contributed by atoms with Gasteiger partial charge in [0.05, 0.1) is 5.56 Å². The number of hydrogen-bond donors (Lipinski definition) is 0. The standard InChI is InChI=1S/C16H13N5O2S/c1-4-13-14(5-2)21(20-18-13)23-16(22)12-8-6-11(7-9-12)15-19-17-10(3)24-15/h4-9H,1-2H2,3H3. The highest BCUT2D eigenvalue weighted by molar-refractivity contribution is 7.14. The van der Waals surface area contributed by atoms with Crippen LogP contribution in [0.15, 0.2) is 37.4 Å². The number of aryl methyl sites for hydroxylation is 1. The van der Waals surface area contributed by atoms with E-state index in [-0.39, 0.29) is 0 Å². The second-order valence-corrected chi connectivity index (χ2v) is 5.91. The first-order chi connectivity index (χ1) is 11.6. The zero-order chi connectivity index (χ0) is 17.1. The lowest BCUT2D eigenvalue weighted by Gasteiger charge is -2.04. The van der Waals surface area contributed by atoms with Crippen LogP contribution in [0.5, 0.6) is 0 Å². The van der Waals surface area contributed by atoms with Crippen LogP contribution in [0, 0.1) is 6.92 Å². The molecule has 0 aliphatic heterocycles. The molecule has 0 bridgehead atoms. The third kappa shape index (κ3) is 2.99. The van der Waals surface area contributed by atoms with Crippen LogP contribution >= 0.6 is 11.3 Å². The van der Waals surface area contributed by atoms with Crippen LogP contribution in [0.3, 0.4) is 0 Å². The quantitative estimate of drug-likeness (QED) is 0.665. The van der Waals surface area contributed by atoms with Crippen LogP contribution in [-0.4, -0.2) is 31.3 Å². The molecule has 0 spiro atoms. The van der Waals surface area contributed by atoms with E-state index in [4.69, 9.17) is 4.84 Å². The largest absolute Gasteiger partial charge is 0.365 e. The summed E-state index contributed by atoms with van der Waals surface area (Å²) in [4.78, 5) is 18.5. The lowest BCUT2D eigenvalue weighted by atomic mass is 10.1. The lowest BCUT2D eigenvalue weighted by Crippen LogP contribution is -2.22. The van der Waals surface area contributed by atoms with Gasteiger partial charge in [0.25, 0.3) is 0 Å². The van der Waals surface area contributed by atoms with Gasteiger partial charge in [-0.3, -0.25) is 0 Å². The summed E-state index contributed by atoms with van der Waals surface area (Å²) < 4.78 is 0. The van der Waals surface area contributed by atoms with Crippen molar-refractivity contribution in [1.29, 1.82) is 0 Å². The Morgan fingerprint density at radius 3 is 2.50 bits per heavy atom. The molecule has 0 N–H and O–H groups in total. The van der Waals surface area contributed by atoms with Gasteiger partial charge in [-0.15, -0.1) is 15.3 Å². The molecule has 0 unspecified atom stereocenters. The topological polar surface area (TPSA) is 82.8 Å². The molecule has 3 aromatic rings. The molecule has 2 heterocycles. The maximum absolute atomic E-state index is 12.2. The molecule has 3 rings (SSSR count). The molecule has 7 nitrogen and oxygen atoms in total. The van der Waals surface area contributed by atoms with Crippen LogP contribution in [0.25, 0.3) is 22.7 Å². The molecule has 8 heteroatoms. The average molecular weight is 339 g/mol. The van der Waals surface area contributed by atoms with E-state index in [0.29, 0.717) is 17.0 Å². The molecular weight excluding hydrogens is 326 g/mol. The van der Waals surface area contributed by atoms with Crippen molar-refractivity contribution in [3.05, 3.63) is 59.4 Å². The van der Waals surface area contributed by atoms with Crippen molar-refractivity contribution in [3.8, 4) is 10.6 Å². The van der Waals surface area contributed by atoms with Crippen molar-refractivity contribution >= 4 is 29.5 Å². The second-order valence-electron chi connectivity index (χ2n) is 4.72. The van der Waals surface area contributed by atoms with Crippen molar-refractivity contribution in [2.45, 2.75) is 6.92 Å². The first-order valence-electron chi connectivity index (χ1n) is 6.96. The number of nitrogens with zero attached hydrogens (tertiary/aromatic N) is 5. The van der Waals surface area contributed by atoms with Gasteiger partial charge in [0.15, 0.2) is 0 Å². The third-order valence-electron chi connectivity index (χ3n) is 3.15. The second kappa shape index (κ2) is 6.55. The van der Waals surface area contributed by atoms with Crippen molar-refractivity contribution in [2.75, 3.05) is 0 Å². The van der Waals surface area contributed by atoms with Crippen molar-refractivity contribution < 1.29 is 9.63 Å². The Morgan fingerprint density at radius 1 is 1.17 bits per heavy atom. The molecule has 0 atom stereocenters. The summed E-state index contributed by atoms with van der Waals surface area (Å²) in [7, 11) is 0. The molecule has 0 aliphatic rings. The van der Waals surface area contributed by atoms with Gasteiger partial charge < -0.3 is 4.84 Å². The van der Waals surface area contributed by atoms with Gasteiger partial charge in [0.2, 0.25) is 0 Å². The normalized spacial score (nSPS) is 10.4. The highest BCUT2D eigenvalue weighted by atomic mass is 32.1. The number of carbonyl (C=O) groups is 1. The van der Waals surface area contributed by atoms with E-state index in [1.54, 1.807) is 24.3 Å². The number of aromatic nitrogens is 5. The predicted molar refractivity (Wildman–Crippen MR) is 91.2 cm³/mol. The SMILES string of the molecule is C=Cc1nnn(OC(=O)c2ccc(-c3nnc(C)s3)cc2)c1C=C. The minimum Gasteiger partial charge on any atom is -0.312 e. The summed E-state index contributed by atoms with van der Waals surface area (Å²) in [6, 6.07) is 6.91. The summed E-state index contributed by atoms with van der Waals surface area (Å²) in [6.45, 7) is 9.15. The summed E-state index contributed by atoms with van der Waals surface area (Å²) in [6.07, 6.45) is 3.00. The van der Waals surface area contributed by atoms with Gasteiger partial charge in [-0.2, -0.15) is 0 Å². The maximum Gasteiger partial charge on any atom is 0.365 e. The number of hydrogen-bond acceptors (Lipinski definition) is 7. The van der Waals surface area contributed by atoms with Crippen LogP contribution in [-0.2, 0) is 0 Å². The van der Waals surface area contributed by atoms with Gasteiger partial charge in [-0.25, -0.2) is 4.79 Å². The van der Waals surface area contributed by atoms with E-state index in [2.05, 4.69) is 33.7 Å². The molecule has 0 fully saturated rings. The Kier molecular flexibility index (Phi) is 4.30. The van der Waals surface area contributed by atoms with Gasteiger partial charge in [-0.05, 0) is 36.4 Å². The Labute approximate surface area is 141 Å². The first kappa shape index (κ1) is 15.8. The molecule has 2 aromatic heterocycles.